The van der Waals surface area contributed by atoms with Crippen LogP contribution in [0.4, 0.5) is 0 Å². The maximum atomic E-state index is 4.48. The van der Waals surface area contributed by atoms with E-state index in [0.29, 0.717) is 0 Å². The van der Waals surface area contributed by atoms with Crippen LogP contribution in [0.25, 0.3) is 0 Å². The highest BCUT2D eigenvalue weighted by Crippen LogP contribution is 2.29. The summed E-state index contributed by atoms with van der Waals surface area (Å²) in [7, 11) is 0. The van der Waals surface area contributed by atoms with Crippen molar-refractivity contribution >= 4 is 0 Å². The first-order valence-corrected chi connectivity index (χ1v) is 7.73. The molecule has 2 nitrogen and oxygen atoms in total. The number of nitrogens with zero attached hydrogens (tertiary/aromatic N) is 2. The number of hydrogen-bond donors (Lipinski definition) is 0. The van der Waals surface area contributed by atoms with Gasteiger partial charge in [0.25, 0.3) is 0 Å². The van der Waals surface area contributed by atoms with E-state index < -0.39 is 0 Å². The van der Waals surface area contributed by atoms with E-state index in [1.807, 2.05) is 12.3 Å². The van der Waals surface area contributed by atoms with E-state index in [4.69, 9.17) is 0 Å². The summed E-state index contributed by atoms with van der Waals surface area (Å²) in [6.07, 6.45) is 15.9. The van der Waals surface area contributed by atoms with E-state index in [2.05, 4.69) is 36.7 Å². The molecular formula is C16H30N2. The Labute approximate surface area is 113 Å². The van der Waals surface area contributed by atoms with Crippen molar-refractivity contribution in [2.24, 2.45) is 0 Å². The van der Waals surface area contributed by atoms with Crippen molar-refractivity contribution in [2.45, 2.75) is 84.1 Å². The zero-order valence-corrected chi connectivity index (χ0v) is 12.5. The fraction of sp³-hybridized carbons (Fsp3) is 0.812. The largest absolute Gasteiger partial charge is 0.267 e. The van der Waals surface area contributed by atoms with Gasteiger partial charge in [0.05, 0.1) is 5.54 Å². The minimum absolute atomic E-state index is 0.229. The lowest BCUT2D eigenvalue weighted by molar-refractivity contribution is 0.227. The third kappa shape index (κ3) is 4.83. The normalized spacial score (nSPS) is 14.6. The van der Waals surface area contributed by atoms with Crippen LogP contribution in [0.3, 0.4) is 0 Å². The number of unbranched alkanes of at least 4 members (excludes halogenated alkanes) is 5. The maximum Gasteiger partial charge on any atom is 0.0599 e. The quantitative estimate of drug-likeness (QED) is 0.525. The van der Waals surface area contributed by atoms with Crippen molar-refractivity contribution in [3.05, 3.63) is 18.5 Å². The van der Waals surface area contributed by atoms with E-state index in [9.17, 15) is 0 Å². The zero-order valence-electron chi connectivity index (χ0n) is 12.5. The van der Waals surface area contributed by atoms with Crippen LogP contribution in [-0.2, 0) is 5.54 Å². The molecule has 1 aromatic rings. The van der Waals surface area contributed by atoms with Gasteiger partial charge in [0.15, 0.2) is 0 Å². The van der Waals surface area contributed by atoms with Gasteiger partial charge in [-0.05, 0) is 25.8 Å². The molecule has 0 fully saturated rings. The Morgan fingerprint density at radius 2 is 1.56 bits per heavy atom. The third-order valence-electron chi connectivity index (χ3n) is 3.95. The van der Waals surface area contributed by atoms with Crippen molar-refractivity contribution in [3.8, 4) is 0 Å². The summed E-state index contributed by atoms with van der Waals surface area (Å²) in [5.74, 6) is 0. The topological polar surface area (TPSA) is 17.8 Å². The maximum absolute atomic E-state index is 4.48. The Kier molecular flexibility index (Phi) is 7.07. The molecule has 1 aromatic heterocycles. The fourth-order valence-corrected chi connectivity index (χ4v) is 2.63. The van der Waals surface area contributed by atoms with Crippen molar-refractivity contribution in [3.63, 3.8) is 0 Å². The van der Waals surface area contributed by atoms with Gasteiger partial charge in [-0.15, -0.1) is 0 Å². The standard InChI is InChI=1S/C16H30N2/c1-4-6-8-10-13-16(3,12-9-7-5-2)18-15-11-14-17-18/h11,14-15H,4-10,12-13H2,1-3H3. The van der Waals surface area contributed by atoms with Crippen LogP contribution in [0.2, 0.25) is 0 Å². The molecule has 18 heavy (non-hydrogen) atoms. The molecule has 2 heteroatoms. The summed E-state index contributed by atoms with van der Waals surface area (Å²) < 4.78 is 2.19. The summed E-state index contributed by atoms with van der Waals surface area (Å²) in [5.41, 5.74) is 0.229. The highest BCUT2D eigenvalue weighted by molar-refractivity contribution is 4.88. The van der Waals surface area contributed by atoms with Gasteiger partial charge in [0.1, 0.15) is 0 Å². The predicted molar refractivity (Wildman–Crippen MR) is 78.8 cm³/mol. The van der Waals surface area contributed by atoms with Crippen LogP contribution in [-0.4, -0.2) is 9.78 Å². The van der Waals surface area contributed by atoms with Gasteiger partial charge in [-0.2, -0.15) is 5.10 Å². The van der Waals surface area contributed by atoms with Crippen molar-refractivity contribution in [2.75, 3.05) is 0 Å². The molecule has 0 N–H and O–H groups in total. The molecule has 1 heterocycles. The van der Waals surface area contributed by atoms with Gasteiger partial charge in [-0.25, -0.2) is 0 Å². The lowest BCUT2D eigenvalue weighted by Gasteiger charge is -2.30. The summed E-state index contributed by atoms with van der Waals surface area (Å²) in [4.78, 5) is 0. The van der Waals surface area contributed by atoms with E-state index in [1.165, 1.54) is 57.8 Å². The second-order valence-electron chi connectivity index (χ2n) is 5.72. The van der Waals surface area contributed by atoms with Gasteiger partial charge < -0.3 is 0 Å². The van der Waals surface area contributed by atoms with Crippen molar-refractivity contribution in [1.82, 2.24) is 9.78 Å². The highest BCUT2D eigenvalue weighted by atomic mass is 15.3. The molecule has 0 aliphatic heterocycles. The van der Waals surface area contributed by atoms with Crippen LogP contribution in [0.1, 0.15) is 78.6 Å². The molecule has 0 aliphatic carbocycles. The lowest BCUT2D eigenvalue weighted by atomic mass is 9.88. The molecule has 0 bridgehead atoms. The Balaban J connectivity index is 2.51. The summed E-state index contributed by atoms with van der Waals surface area (Å²) in [5, 5.41) is 4.48. The Morgan fingerprint density at radius 3 is 2.11 bits per heavy atom. The smallest absolute Gasteiger partial charge is 0.0599 e. The van der Waals surface area contributed by atoms with Crippen molar-refractivity contribution < 1.29 is 0 Å². The minimum atomic E-state index is 0.229. The molecule has 0 saturated carbocycles. The molecular weight excluding hydrogens is 220 g/mol. The zero-order chi connectivity index (χ0) is 13.3. The van der Waals surface area contributed by atoms with Gasteiger partial charge in [-0.1, -0.05) is 58.8 Å². The Bertz CT molecular complexity index is 292. The summed E-state index contributed by atoms with van der Waals surface area (Å²) in [6.45, 7) is 6.92. The second kappa shape index (κ2) is 8.34. The molecule has 0 aromatic carbocycles. The Hall–Kier alpha value is -0.790. The van der Waals surface area contributed by atoms with E-state index >= 15 is 0 Å². The fourth-order valence-electron chi connectivity index (χ4n) is 2.63. The SMILES string of the molecule is CCCCCCC(C)(CCCCC)n1cccn1. The average Bonchev–Trinajstić information content (AvgIpc) is 2.89. The molecule has 1 rings (SSSR count). The van der Waals surface area contributed by atoms with Crippen LogP contribution in [0.5, 0.6) is 0 Å². The van der Waals surface area contributed by atoms with E-state index in [1.54, 1.807) is 0 Å². The van der Waals surface area contributed by atoms with Gasteiger partial charge in [-0.3, -0.25) is 4.68 Å². The molecule has 104 valence electrons. The highest BCUT2D eigenvalue weighted by Gasteiger charge is 2.25. The van der Waals surface area contributed by atoms with Gasteiger partial charge in [0.2, 0.25) is 0 Å². The van der Waals surface area contributed by atoms with Crippen LogP contribution < -0.4 is 0 Å². The first kappa shape index (κ1) is 15.3. The monoisotopic (exact) mass is 250 g/mol. The minimum Gasteiger partial charge on any atom is -0.267 e. The molecule has 0 radical (unpaired) electrons. The summed E-state index contributed by atoms with van der Waals surface area (Å²) in [6, 6.07) is 2.05. The van der Waals surface area contributed by atoms with Gasteiger partial charge in [0, 0.05) is 12.4 Å². The second-order valence-corrected chi connectivity index (χ2v) is 5.72. The first-order chi connectivity index (χ1) is 8.73. The lowest BCUT2D eigenvalue weighted by Crippen LogP contribution is -2.30. The summed E-state index contributed by atoms with van der Waals surface area (Å²) >= 11 is 0. The van der Waals surface area contributed by atoms with Gasteiger partial charge >= 0.3 is 0 Å². The van der Waals surface area contributed by atoms with Crippen molar-refractivity contribution in [1.29, 1.82) is 0 Å². The van der Waals surface area contributed by atoms with Crippen LogP contribution in [0, 0.1) is 0 Å². The predicted octanol–water partition coefficient (Wildman–Crippen LogP) is 5.15. The molecule has 1 atom stereocenters. The van der Waals surface area contributed by atoms with Crippen LogP contribution >= 0.6 is 0 Å². The van der Waals surface area contributed by atoms with E-state index in [0.717, 1.165) is 0 Å². The average molecular weight is 250 g/mol. The molecule has 0 aliphatic rings. The van der Waals surface area contributed by atoms with E-state index in [-0.39, 0.29) is 5.54 Å². The molecule has 1 unspecified atom stereocenters. The van der Waals surface area contributed by atoms with Crippen LogP contribution in [0.15, 0.2) is 18.5 Å². The molecule has 0 spiro atoms. The molecule has 0 saturated heterocycles. The Morgan fingerprint density at radius 1 is 0.944 bits per heavy atom. The number of rotatable bonds is 10. The molecule has 0 amide bonds. The third-order valence-corrected chi connectivity index (χ3v) is 3.95. The number of aromatic nitrogens is 2. The number of hydrogen-bond acceptors (Lipinski definition) is 1. The first-order valence-electron chi connectivity index (χ1n) is 7.73.